The summed E-state index contributed by atoms with van der Waals surface area (Å²) in [6, 6.07) is 12.8. The zero-order valence-corrected chi connectivity index (χ0v) is 13.4. The highest BCUT2D eigenvalue weighted by atomic mass is 16.5. The Labute approximate surface area is 127 Å². The summed E-state index contributed by atoms with van der Waals surface area (Å²) in [4.78, 5) is 0. The number of ether oxygens (including phenoxy) is 1. The van der Waals surface area contributed by atoms with E-state index in [9.17, 15) is 0 Å². The van der Waals surface area contributed by atoms with E-state index in [2.05, 4.69) is 64.1 Å². The molecule has 0 fully saturated rings. The van der Waals surface area contributed by atoms with Crippen LogP contribution in [0.4, 0.5) is 0 Å². The summed E-state index contributed by atoms with van der Waals surface area (Å²) in [5.74, 6) is 1.41. The molecule has 0 aliphatic rings. The maximum atomic E-state index is 6.04. The van der Waals surface area contributed by atoms with Crippen LogP contribution in [0, 0.1) is 20.8 Å². The van der Waals surface area contributed by atoms with Gasteiger partial charge in [0.25, 0.3) is 0 Å². The molecular weight excluding hydrogens is 258 g/mol. The molecule has 2 nitrogen and oxygen atoms in total. The molecule has 1 unspecified atom stereocenters. The van der Waals surface area contributed by atoms with Gasteiger partial charge in [0.1, 0.15) is 12.4 Å². The number of nitrogens with two attached hydrogens (primary N) is 1. The van der Waals surface area contributed by atoms with Crippen molar-refractivity contribution >= 4 is 0 Å². The molecule has 2 heteroatoms. The first kappa shape index (κ1) is 15.6. The predicted molar refractivity (Wildman–Crippen MR) is 88.9 cm³/mol. The monoisotopic (exact) mass is 283 g/mol. The molecule has 0 aromatic heterocycles. The van der Waals surface area contributed by atoms with Crippen LogP contribution in [0.1, 0.15) is 40.7 Å². The van der Waals surface area contributed by atoms with E-state index in [-0.39, 0.29) is 0 Å². The van der Waals surface area contributed by atoms with Gasteiger partial charge in [-0.1, -0.05) is 43.3 Å². The number of hydrogen-bond donors (Lipinski definition) is 1. The van der Waals surface area contributed by atoms with Crippen LogP contribution in [0.15, 0.2) is 36.4 Å². The molecule has 112 valence electrons. The number of rotatable bonds is 5. The zero-order valence-electron chi connectivity index (χ0n) is 13.4. The van der Waals surface area contributed by atoms with Crippen LogP contribution in [0.25, 0.3) is 0 Å². The summed E-state index contributed by atoms with van der Waals surface area (Å²) in [6.45, 7) is 9.74. The minimum absolute atomic E-state index is 0.404. The Morgan fingerprint density at radius 1 is 0.952 bits per heavy atom. The van der Waals surface area contributed by atoms with Crippen molar-refractivity contribution in [2.24, 2.45) is 5.73 Å². The lowest BCUT2D eigenvalue weighted by molar-refractivity contribution is 0.301. The third-order valence-electron chi connectivity index (χ3n) is 4.16. The fourth-order valence-corrected chi connectivity index (χ4v) is 2.38. The summed E-state index contributed by atoms with van der Waals surface area (Å²) in [7, 11) is 0. The van der Waals surface area contributed by atoms with Gasteiger partial charge in [-0.15, -0.1) is 0 Å². The van der Waals surface area contributed by atoms with Crippen molar-refractivity contribution in [1.29, 1.82) is 0 Å². The fraction of sp³-hybridized carbons (Fsp3) is 0.368. The zero-order chi connectivity index (χ0) is 15.4. The molecule has 0 bridgehead atoms. The largest absolute Gasteiger partial charge is 0.488 e. The van der Waals surface area contributed by atoms with Crippen molar-refractivity contribution in [2.75, 3.05) is 6.54 Å². The van der Waals surface area contributed by atoms with Crippen molar-refractivity contribution < 1.29 is 4.74 Å². The third kappa shape index (κ3) is 3.64. The molecule has 0 aliphatic heterocycles. The molecule has 2 aromatic rings. The molecule has 0 amide bonds. The van der Waals surface area contributed by atoms with Crippen LogP contribution in [0.2, 0.25) is 0 Å². The quantitative estimate of drug-likeness (QED) is 0.890. The van der Waals surface area contributed by atoms with Gasteiger partial charge in [-0.25, -0.2) is 0 Å². The molecule has 2 rings (SSSR count). The lowest BCUT2D eigenvalue weighted by Gasteiger charge is -2.15. The van der Waals surface area contributed by atoms with E-state index in [1.54, 1.807) is 0 Å². The van der Waals surface area contributed by atoms with Gasteiger partial charge in [-0.2, -0.15) is 0 Å². The summed E-state index contributed by atoms with van der Waals surface area (Å²) < 4.78 is 6.04. The Morgan fingerprint density at radius 2 is 1.57 bits per heavy atom. The lowest BCUT2D eigenvalue weighted by atomic mass is 10.0. The first-order chi connectivity index (χ1) is 10.0. The van der Waals surface area contributed by atoms with Crippen molar-refractivity contribution in [3.63, 3.8) is 0 Å². The topological polar surface area (TPSA) is 35.2 Å². The summed E-state index contributed by atoms with van der Waals surface area (Å²) in [5, 5.41) is 0. The second kappa shape index (κ2) is 6.77. The molecule has 0 saturated heterocycles. The predicted octanol–water partition coefficient (Wildman–Crippen LogP) is 4.25. The maximum Gasteiger partial charge on any atom is 0.125 e. The van der Waals surface area contributed by atoms with E-state index < -0.39 is 0 Å². The van der Waals surface area contributed by atoms with Gasteiger partial charge in [-0.05, 0) is 61.1 Å². The Hall–Kier alpha value is -1.80. The van der Waals surface area contributed by atoms with Gasteiger partial charge in [-0.3, -0.25) is 0 Å². The van der Waals surface area contributed by atoms with E-state index in [4.69, 9.17) is 10.5 Å². The smallest absolute Gasteiger partial charge is 0.125 e. The Balaban J connectivity index is 2.08. The average molecular weight is 283 g/mol. The third-order valence-corrected chi connectivity index (χ3v) is 4.16. The molecule has 2 N–H and O–H groups in total. The van der Waals surface area contributed by atoms with E-state index >= 15 is 0 Å². The van der Waals surface area contributed by atoms with Gasteiger partial charge in [0.05, 0.1) is 0 Å². The minimum atomic E-state index is 0.404. The first-order valence-corrected chi connectivity index (χ1v) is 7.51. The van der Waals surface area contributed by atoms with Gasteiger partial charge < -0.3 is 10.5 Å². The Kier molecular flexibility index (Phi) is 5.03. The molecular formula is C19H25NO. The summed E-state index contributed by atoms with van der Waals surface area (Å²) in [5.41, 5.74) is 11.8. The van der Waals surface area contributed by atoms with Crippen LogP contribution >= 0.6 is 0 Å². The van der Waals surface area contributed by atoms with Crippen molar-refractivity contribution in [3.05, 3.63) is 64.2 Å². The minimum Gasteiger partial charge on any atom is -0.488 e. The number of benzene rings is 2. The summed E-state index contributed by atoms with van der Waals surface area (Å²) >= 11 is 0. The molecule has 1 atom stereocenters. The SMILES string of the molecule is Cc1ccc(C)c(OCc2ccc(C(C)CN)cc2)c1C. The van der Waals surface area contributed by atoms with E-state index in [0.717, 1.165) is 5.75 Å². The first-order valence-electron chi connectivity index (χ1n) is 7.51. The Morgan fingerprint density at radius 3 is 2.19 bits per heavy atom. The van der Waals surface area contributed by atoms with Gasteiger partial charge in [0.2, 0.25) is 0 Å². The van der Waals surface area contributed by atoms with Crippen molar-refractivity contribution in [2.45, 2.75) is 40.2 Å². The van der Waals surface area contributed by atoms with E-state index in [1.165, 1.54) is 27.8 Å². The van der Waals surface area contributed by atoms with Gasteiger partial charge in [0, 0.05) is 0 Å². The van der Waals surface area contributed by atoms with E-state index in [0.29, 0.717) is 19.1 Å². The van der Waals surface area contributed by atoms with Crippen LogP contribution < -0.4 is 10.5 Å². The van der Waals surface area contributed by atoms with Crippen molar-refractivity contribution in [3.8, 4) is 5.75 Å². The summed E-state index contributed by atoms with van der Waals surface area (Å²) in [6.07, 6.45) is 0. The molecule has 0 saturated carbocycles. The lowest BCUT2D eigenvalue weighted by Crippen LogP contribution is -2.08. The van der Waals surface area contributed by atoms with Gasteiger partial charge >= 0.3 is 0 Å². The molecule has 0 spiro atoms. The molecule has 0 aliphatic carbocycles. The molecule has 0 heterocycles. The maximum absolute atomic E-state index is 6.04. The number of aryl methyl sites for hydroxylation is 2. The van der Waals surface area contributed by atoms with Crippen molar-refractivity contribution in [1.82, 2.24) is 0 Å². The molecule has 2 aromatic carbocycles. The van der Waals surface area contributed by atoms with Crippen LogP contribution in [0.3, 0.4) is 0 Å². The van der Waals surface area contributed by atoms with Crippen LogP contribution in [-0.2, 0) is 6.61 Å². The van der Waals surface area contributed by atoms with Crippen LogP contribution in [-0.4, -0.2) is 6.54 Å². The number of hydrogen-bond acceptors (Lipinski definition) is 2. The van der Waals surface area contributed by atoms with Crippen LogP contribution in [0.5, 0.6) is 5.75 Å². The average Bonchev–Trinajstić information content (AvgIpc) is 2.51. The molecule has 21 heavy (non-hydrogen) atoms. The fourth-order valence-electron chi connectivity index (χ4n) is 2.38. The normalized spacial score (nSPS) is 12.2. The van der Waals surface area contributed by atoms with E-state index in [1.807, 2.05) is 0 Å². The Bertz CT molecular complexity index is 602. The van der Waals surface area contributed by atoms with Gasteiger partial charge in [0.15, 0.2) is 0 Å². The highest BCUT2D eigenvalue weighted by molar-refractivity contribution is 5.44. The second-order valence-corrected chi connectivity index (χ2v) is 5.82. The second-order valence-electron chi connectivity index (χ2n) is 5.82. The highest BCUT2D eigenvalue weighted by Crippen LogP contribution is 2.26. The highest BCUT2D eigenvalue weighted by Gasteiger charge is 2.07. The molecule has 0 radical (unpaired) electrons. The standard InChI is InChI=1S/C19H25NO/c1-13-5-6-14(2)19(16(13)4)21-12-17-7-9-18(10-8-17)15(3)11-20/h5-10,15H,11-12,20H2,1-4H3.